The van der Waals surface area contributed by atoms with E-state index in [1.807, 2.05) is 0 Å². The minimum absolute atomic E-state index is 0.0179. The molecular formula is C23H24F5N3O2. The molecule has 1 aliphatic rings. The van der Waals surface area contributed by atoms with E-state index < -0.39 is 41.6 Å². The Balaban J connectivity index is 1.80. The Morgan fingerprint density at radius 1 is 1.09 bits per heavy atom. The fourth-order valence-electron chi connectivity index (χ4n) is 4.00. The van der Waals surface area contributed by atoms with Crippen LogP contribution < -0.4 is 5.32 Å². The average Bonchev–Trinajstić information content (AvgIpc) is 3.20. The van der Waals surface area contributed by atoms with Crippen molar-refractivity contribution in [2.75, 3.05) is 25.5 Å². The summed E-state index contributed by atoms with van der Waals surface area (Å²) in [5.41, 5.74) is -1.10. The van der Waals surface area contributed by atoms with Gasteiger partial charge >= 0.3 is 6.18 Å². The topological polar surface area (TPSA) is 64.9 Å². The molecule has 2 aromatic rings. The van der Waals surface area contributed by atoms with Crippen LogP contribution in [0.4, 0.5) is 27.6 Å². The Bertz CT molecular complexity index is 995. The second kappa shape index (κ2) is 9.96. The number of aliphatic hydroxyl groups is 1. The number of rotatable bonds is 7. The number of hydrogen-bond acceptors (Lipinski definition) is 4. The summed E-state index contributed by atoms with van der Waals surface area (Å²) >= 11 is 0. The molecular weight excluding hydrogens is 445 g/mol. The Kier molecular flexibility index (Phi) is 7.48. The van der Waals surface area contributed by atoms with Crippen molar-refractivity contribution in [2.24, 2.45) is 4.99 Å². The van der Waals surface area contributed by atoms with Crippen molar-refractivity contribution < 1.29 is 31.9 Å². The molecule has 0 heterocycles. The largest absolute Gasteiger partial charge is 0.416 e. The van der Waals surface area contributed by atoms with Gasteiger partial charge in [-0.2, -0.15) is 13.2 Å². The van der Waals surface area contributed by atoms with Gasteiger partial charge in [0.05, 0.1) is 24.4 Å². The number of alkyl halides is 3. The van der Waals surface area contributed by atoms with E-state index in [-0.39, 0.29) is 17.9 Å². The van der Waals surface area contributed by atoms with Gasteiger partial charge in [-0.3, -0.25) is 14.7 Å². The highest BCUT2D eigenvalue weighted by Crippen LogP contribution is 2.36. The number of nitrogens with zero attached hydrogens (tertiary/aromatic N) is 2. The van der Waals surface area contributed by atoms with Crippen LogP contribution in [-0.2, 0) is 11.0 Å². The number of aliphatic imine (C=N–C) groups is 1. The number of amides is 1. The van der Waals surface area contributed by atoms with Gasteiger partial charge in [-0.15, -0.1) is 0 Å². The molecule has 0 spiro atoms. The first-order valence-electron chi connectivity index (χ1n) is 10.4. The summed E-state index contributed by atoms with van der Waals surface area (Å²) in [6.07, 6.45) is -1.68. The first-order valence-corrected chi connectivity index (χ1v) is 10.4. The molecule has 0 saturated heterocycles. The van der Waals surface area contributed by atoms with Crippen molar-refractivity contribution in [1.82, 2.24) is 4.90 Å². The highest BCUT2D eigenvalue weighted by molar-refractivity contribution is 6.01. The molecule has 1 saturated carbocycles. The van der Waals surface area contributed by atoms with E-state index in [0.717, 1.165) is 37.1 Å². The summed E-state index contributed by atoms with van der Waals surface area (Å²) in [4.78, 5) is 18.9. The predicted molar refractivity (Wildman–Crippen MR) is 114 cm³/mol. The lowest BCUT2D eigenvalue weighted by Crippen LogP contribution is -2.47. The van der Waals surface area contributed by atoms with Gasteiger partial charge < -0.3 is 10.4 Å². The predicted octanol–water partition coefficient (Wildman–Crippen LogP) is 4.61. The van der Waals surface area contributed by atoms with Crippen LogP contribution in [0.5, 0.6) is 0 Å². The average molecular weight is 469 g/mol. The Morgan fingerprint density at radius 3 is 2.18 bits per heavy atom. The lowest BCUT2D eigenvalue weighted by molar-refractivity contribution is -0.137. The highest BCUT2D eigenvalue weighted by atomic mass is 19.4. The lowest BCUT2D eigenvalue weighted by Gasteiger charge is -2.35. The number of carbonyl (C=O) groups excluding carboxylic acids is 1. The van der Waals surface area contributed by atoms with Crippen LogP contribution >= 0.6 is 0 Å². The zero-order valence-corrected chi connectivity index (χ0v) is 17.9. The molecule has 1 amide bonds. The van der Waals surface area contributed by atoms with Gasteiger partial charge in [-0.1, -0.05) is 12.1 Å². The zero-order chi connectivity index (χ0) is 24.2. The second-order valence-electron chi connectivity index (χ2n) is 8.04. The summed E-state index contributed by atoms with van der Waals surface area (Å²) in [6.45, 7) is -0.636. The van der Waals surface area contributed by atoms with Crippen LogP contribution in [0.25, 0.3) is 0 Å². The zero-order valence-electron chi connectivity index (χ0n) is 17.9. The third-order valence-electron chi connectivity index (χ3n) is 5.68. The molecule has 0 radical (unpaired) electrons. The van der Waals surface area contributed by atoms with E-state index in [1.165, 1.54) is 12.1 Å². The summed E-state index contributed by atoms with van der Waals surface area (Å²) in [7, 11) is 1.67. The van der Waals surface area contributed by atoms with E-state index in [1.54, 1.807) is 11.9 Å². The second-order valence-corrected chi connectivity index (χ2v) is 8.04. The van der Waals surface area contributed by atoms with Crippen LogP contribution in [0.2, 0.25) is 0 Å². The van der Waals surface area contributed by atoms with Crippen LogP contribution in [-0.4, -0.2) is 47.5 Å². The fourth-order valence-corrected chi connectivity index (χ4v) is 4.00. The smallest absolute Gasteiger partial charge is 0.390 e. The third-order valence-corrected chi connectivity index (χ3v) is 5.68. The maximum atomic E-state index is 13.4. The molecule has 2 N–H and O–H groups in total. The lowest BCUT2D eigenvalue weighted by atomic mass is 10.0. The molecule has 0 bridgehead atoms. The summed E-state index contributed by atoms with van der Waals surface area (Å²) in [5, 5.41) is 12.3. The van der Waals surface area contributed by atoms with E-state index in [2.05, 4.69) is 10.3 Å². The number of halogens is 5. The molecule has 0 aliphatic heterocycles. The monoisotopic (exact) mass is 469 g/mol. The molecule has 0 atom stereocenters. The summed E-state index contributed by atoms with van der Waals surface area (Å²) < 4.78 is 65.3. The van der Waals surface area contributed by atoms with Gasteiger partial charge in [0.1, 0.15) is 17.3 Å². The number of likely N-dealkylation sites (N-methyl/N-ethyl adjacent to an activating group) is 1. The van der Waals surface area contributed by atoms with Crippen molar-refractivity contribution in [1.29, 1.82) is 0 Å². The Morgan fingerprint density at radius 2 is 1.67 bits per heavy atom. The first kappa shape index (κ1) is 24.8. The van der Waals surface area contributed by atoms with Gasteiger partial charge in [0, 0.05) is 11.8 Å². The normalized spacial score (nSPS) is 16.3. The number of anilines is 1. The van der Waals surface area contributed by atoms with Gasteiger partial charge in [0.2, 0.25) is 5.91 Å². The van der Waals surface area contributed by atoms with E-state index in [9.17, 15) is 31.9 Å². The number of nitrogens with one attached hydrogen (secondary N) is 1. The van der Waals surface area contributed by atoms with E-state index >= 15 is 0 Å². The standard InChI is InChI=1S/C23H24F5N3O2/c1-31(13-21(33)29-19-11-17(24)10-18(25)12-19)22(8-2-3-9-22)30-20(14-32)15-4-6-16(7-5-15)23(26,27)28/h4-7,10-12,32H,2-3,8-9,13-14H2,1H3,(H,29,33). The number of carbonyl (C=O) groups is 1. The molecule has 1 aliphatic carbocycles. The third kappa shape index (κ3) is 6.14. The SMILES string of the molecule is CN(CC(=O)Nc1cc(F)cc(F)c1)C1(N=C(CO)c2ccc(C(F)(F)F)cc2)CCCC1. The molecule has 33 heavy (non-hydrogen) atoms. The summed E-state index contributed by atoms with van der Waals surface area (Å²) in [5.74, 6) is -2.15. The van der Waals surface area contributed by atoms with Gasteiger partial charge in [0.25, 0.3) is 0 Å². The molecule has 2 aromatic carbocycles. The van der Waals surface area contributed by atoms with Crippen molar-refractivity contribution in [2.45, 2.75) is 37.5 Å². The first-order chi connectivity index (χ1) is 15.5. The van der Waals surface area contributed by atoms with Crippen LogP contribution in [0, 0.1) is 11.6 Å². The van der Waals surface area contributed by atoms with Crippen LogP contribution in [0.15, 0.2) is 47.5 Å². The minimum Gasteiger partial charge on any atom is -0.390 e. The Hall–Kier alpha value is -2.85. The van der Waals surface area contributed by atoms with Crippen molar-refractivity contribution in [3.8, 4) is 0 Å². The quantitative estimate of drug-likeness (QED) is 0.460. The number of hydrogen-bond donors (Lipinski definition) is 2. The molecule has 0 unspecified atom stereocenters. The van der Waals surface area contributed by atoms with Crippen LogP contribution in [0.1, 0.15) is 36.8 Å². The van der Waals surface area contributed by atoms with Crippen molar-refractivity contribution in [3.63, 3.8) is 0 Å². The van der Waals surface area contributed by atoms with Crippen molar-refractivity contribution >= 4 is 17.3 Å². The number of benzene rings is 2. The van der Waals surface area contributed by atoms with Gasteiger partial charge in [-0.05, 0) is 62.6 Å². The molecule has 1 fully saturated rings. The minimum atomic E-state index is -4.47. The Labute approximate surface area is 187 Å². The van der Waals surface area contributed by atoms with E-state index in [4.69, 9.17) is 0 Å². The maximum Gasteiger partial charge on any atom is 0.416 e. The van der Waals surface area contributed by atoms with Crippen molar-refractivity contribution in [3.05, 3.63) is 65.2 Å². The van der Waals surface area contributed by atoms with E-state index in [0.29, 0.717) is 24.5 Å². The van der Waals surface area contributed by atoms with Crippen LogP contribution in [0.3, 0.4) is 0 Å². The number of aliphatic hydroxyl groups excluding tert-OH is 1. The molecule has 3 rings (SSSR count). The van der Waals surface area contributed by atoms with Gasteiger partial charge in [-0.25, -0.2) is 8.78 Å². The maximum absolute atomic E-state index is 13.4. The van der Waals surface area contributed by atoms with Gasteiger partial charge in [0.15, 0.2) is 0 Å². The molecule has 0 aromatic heterocycles. The molecule has 178 valence electrons. The summed E-state index contributed by atoms with van der Waals surface area (Å²) in [6, 6.07) is 7.06. The molecule has 10 heteroatoms. The highest BCUT2D eigenvalue weighted by Gasteiger charge is 2.39. The fraction of sp³-hybridized carbons (Fsp3) is 0.391. The molecule has 5 nitrogen and oxygen atoms in total.